The van der Waals surface area contributed by atoms with E-state index in [9.17, 15) is 5.11 Å². The van der Waals surface area contributed by atoms with E-state index in [0.717, 1.165) is 30.1 Å². The van der Waals surface area contributed by atoms with E-state index < -0.39 is 13.9 Å². The van der Waals surface area contributed by atoms with Gasteiger partial charge in [0.15, 0.2) is 8.32 Å². The van der Waals surface area contributed by atoms with Gasteiger partial charge in [-0.05, 0) is 123 Å². The zero-order chi connectivity index (χ0) is 27.4. The maximum atomic E-state index is 11.8. The summed E-state index contributed by atoms with van der Waals surface area (Å²) in [6.45, 7) is 24.0. The number of fused-ring (bicyclic) bond motifs is 5. The molecule has 0 aromatic carbocycles. The molecule has 5 unspecified atom stereocenters. The fourth-order valence-electron chi connectivity index (χ4n) is 9.55. The molecule has 214 valence electrons. The highest BCUT2D eigenvalue weighted by Crippen LogP contribution is 2.68. The van der Waals surface area contributed by atoms with Crippen molar-refractivity contribution in [2.75, 3.05) is 0 Å². The van der Waals surface area contributed by atoms with Gasteiger partial charge in [0.25, 0.3) is 0 Å². The van der Waals surface area contributed by atoms with Crippen LogP contribution in [0.25, 0.3) is 0 Å². The molecule has 0 heterocycles. The van der Waals surface area contributed by atoms with Crippen molar-refractivity contribution in [2.45, 2.75) is 162 Å². The van der Waals surface area contributed by atoms with E-state index in [1.54, 1.807) is 5.57 Å². The van der Waals surface area contributed by atoms with Crippen molar-refractivity contribution in [1.82, 2.24) is 0 Å². The lowest BCUT2D eigenvalue weighted by Gasteiger charge is -2.59. The summed E-state index contributed by atoms with van der Waals surface area (Å²) in [6, 6.07) is 0. The third-order valence-electron chi connectivity index (χ3n) is 12.8. The molecule has 0 aromatic heterocycles. The Hall–Kier alpha value is -0.123. The van der Waals surface area contributed by atoms with Crippen LogP contribution < -0.4 is 0 Å². The minimum absolute atomic E-state index is 0.280. The average molecular weight is 531 g/mol. The smallest absolute Gasteiger partial charge is 0.192 e. The van der Waals surface area contributed by atoms with Crippen LogP contribution in [0.5, 0.6) is 0 Å². The molecule has 0 spiro atoms. The molecule has 1 N–H and O–H groups in total. The minimum atomic E-state index is -1.73. The molecule has 4 aliphatic rings. The van der Waals surface area contributed by atoms with Crippen LogP contribution in [0.1, 0.15) is 132 Å². The maximum Gasteiger partial charge on any atom is 0.192 e. The number of allylic oxidation sites excluding steroid dienone is 1. The molecule has 0 aromatic rings. The molecular formula is C34H62O2Si. The first-order valence-corrected chi connectivity index (χ1v) is 19.0. The lowest BCUT2D eigenvalue weighted by Crippen LogP contribution is -2.53. The second kappa shape index (κ2) is 10.4. The van der Waals surface area contributed by atoms with Crippen molar-refractivity contribution < 1.29 is 9.53 Å². The van der Waals surface area contributed by atoms with E-state index in [-0.39, 0.29) is 5.04 Å². The van der Waals surface area contributed by atoms with E-state index in [1.165, 1.54) is 70.6 Å². The Balaban J connectivity index is 1.45. The number of aliphatic hydroxyl groups is 1. The van der Waals surface area contributed by atoms with E-state index >= 15 is 0 Å². The normalized spacial score (nSPS) is 40.0. The average Bonchev–Trinajstić information content (AvgIpc) is 3.14. The van der Waals surface area contributed by atoms with Gasteiger partial charge in [-0.15, -0.1) is 0 Å². The molecule has 0 bridgehead atoms. The van der Waals surface area contributed by atoms with Gasteiger partial charge in [0.05, 0.1) is 5.60 Å². The van der Waals surface area contributed by atoms with Gasteiger partial charge in [-0.1, -0.05) is 79.4 Å². The number of rotatable bonds is 8. The maximum absolute atomic E-state index is 11.8. The number of hydrogen-bond acceptors (Lipinski definition) is 2. The van der Waals surface area contributed by atoms with Gasteiger partial charge in [0, 0.05) is 6.10 Å². The zero-order valence-corrected chi connectivity index (χ0v) is 27.4. The van der Waals surface area contributed by atoms with E-state index in [4.69, 9.17) is 4.43 Å². The van der Waals surface area contributed by atoms with Crippen molar-refractivity contribution in [3.8, 4) is 0 Å². The van der Waals surface area contributed by atoms with Crippen molar-refractivity contribution >= 4 is 8.32 Å². The third kappa shape index (κ3) is 5.58. The molecule has 4 rings (SSSR count). The van der Waals surface area contributed by atoms with Crippen LogP contribution in [-0.4, -0.2) is 25.1 Å². The first-order valence-electron chi connectivity index (χ1n) is 16.1. The third-order valence-corrected chi connectivity index (χ3v) is 17.3. The van der Waals surface area contributed by atoms with Crippen molar-refractivity contribution in [3.63, 3.8) is 0 Å². The van der Waals surface area contributed by atoms with E-state index in [0.29, 0.717) is 22.9 Å². The van der Waals surface area contributed by atoms with Gasteiger partial charge in [-0.25, -0.2) is 0 Å². The summed E-state index contributed by atoms with van der Waals surface area (Å²) in [6.07, 6.45) is 18.0. The first kappa shape index (κ1) is 29.8. The lowest BCUT2D eigenvalue weighted by molar-refractivity contribution is -0.105. The Morgan fingerprint density at radius 3 is 2.35 bits per heavy atom. The van der Waals surface area contributed by atoms with Crippen molar-refractivity contribution in [1.29, 1.82) is 0 Å². The molecule has 8 atom stereocenters. The van der Waals surface area contributed by atoms with Crippen LogP contribution >= 0.6 is 0 Å². The molecule has 4 aliphatic carbocycles. The highest BCUT2D eigenvalue weighted by molar-refractivity contribution is 6.74. The lowest BCUT2D eigenvalue weighted by atomic mass is 9.46. The summed E-state index contributed by atoms with van der Waals surface area (Å²) in [5.74, 6) is 3.67. The molecule has 37 heavy (non-hydrogen) atoms. The van der Waals surface area contributed by atoms with Gasteiger partial charge in [0.1, 0.15) is 0 Å². The summed E-state index contributed by atoms with van der Waals surface area (Å²) in [7, 11) is -1.73. The highest BCUT2D eigenvalue weighted by atomic mass is 28.4. The molecule has 2 nitrogen and oxygen atoms in total. The Morgan fingerprint density at radius 1 is 1.00 bits per heavy atom. The minimum Gasteiger partial charge on any atom is -0.414 e. The van der Waals surface area contributed by atoms with E-state index in [1.807, 2.05) is 0 Å². The predicted molar refractivity (Wildman–Crippen MR) is 161 cm³/mol. The summed E-state index contributed by atoms with van der Waals surface area (Å²) in [5.41, 5.74) is 1.91. The fraction of sp³-hybridized carbons (Fsp3) is 0.941. The molecule has 0 amide bonds. The first-order chi connectivity index (χ1) is 17.0. The molecule has 3 heteroatoms. The molecule has 0 radical (unpaired) electrons. The Bertz CT molecular complexity index is 835. The van der Waals surface area contributed by atoms with Gasteiger partial charge < -0.3 is 9.53 Å². The zero-order valence-electron chi connectivity index (χ0n) is 26.4. The molecular weight excluding hydrogens is 468 g/mol. The Labute approximate surface area is 231 Å². The Morgan fingerprint density at radius 2 is 1.70 bits per heavy atom. The summed E-state index contributed by atoms with van der Waals surface area (Å²) >= 11 is 0. The van der Waals surface area contributed by atoms with E-state index in [2.05, 4.69) is 74.6 Å². The second-order valence-corrected chi connectivity index (χ2v) is 21.4. The number of hydrogen-bond donors (Lipinski definition) is 1. The van der Waals surface area contributed by atoms with Crippen LogP contribution in [0.2, 0.25) is 18.1 Å². The molecule has 3 fully saturated rings. The topological polar surface area (TPSA) is 29.5 Å². The fourth-order valence-corrected chi connectivity index (χ4v) is 10.9. The number of unbranched alkanes of at least 4 members (excludes halogenated alkanes) is 1. The van der Waals surface area contributed by atoms with Crippen molar-refractivity contribution in [3.05, 3.63) is 11.6 Å². The SMILES string of the molecule is CC(C)CCCC[C@](C)(O)C1CCC2C3CC=C4CC(O[Si](C)(C)C(C)(C)C)CC[C@]4(C)C3CC[C@@]21C. The van der Waals surface area contributed by atoms with Crippen LogP contribution in [0.3, 0.4) is 0 Å². The standard InChI is InChI=1S/C34H62O2Si/c1-24(2)13-11-12-20-34(8,35)30-17-16-28-27-15-14-25-23-26(36-37(9,10)31(3,4)5)18-21-32(25,6)29(27)19-22-33(28,30)7/h14,24,26-30,35H,11-13,15-23H2,1-10H3/t26?,27?,28?,29?,30?,32-,33-,34-/m0/s1. The summed E-state index contributed by atoms with van der Waals surface area (Å²) in [5, 5.41) is 12.1. The van der Waals surface area contributed by atoms with Crippen LogP contribution in [0, 0.1) is 40.4 Å². The molecule has 0 saturated heterocycles. The van der Waals surface area contributed by atoms with Crippen LogP contribution in [0.15, 0.2) is 11.6 Å². The van der Waals surface area contributed by atoms with Gasteiger partial charge in [-0.3, -0.25) is 0 Å². The monoisotopic (exact) mass is 530 g/mol. The molecule has 0 aliphatic heterocycles. The van der Waals surface area contributed by atoms with Crippen LogP contribution in [0.4, 0.5) is 0 Å². The largest absolute Gasteiger partial charge is 0.414 e. The highest BCUT2D eigenvalue weighted by Gasteiger charge is 2.61. The van der Waals surface area contributed by atoms with Gasteiger partial charge >= 0.3 is 0 Å². The van der Waals surface area contributed by atoms with Crippen molar-refractivity contribution in [2.24, 2.45) is 40.4 Å². The quantitative estimate of drug-likeness (QED) is 0.192. The predicted octanol–water partition coefficient (Wildman–Crippen LogP) is 9.92. The van der Waals surface area contributed by atoms with Gasteiger partial charge in [0.2, 0.25) is 0 Å². The van der Waals surface area contributed by atoms with Gasteiger partial charge in [-0.2, -0.15) is 0 Å². The Kier molecular flexibility index (Phi) is 8.36. The second-order valence-electron chi connectivity index (χ2n) is 16.7. The summed E-state index contributed by atoms with van der Waals surface area (Å²) in [4.78, 5) is 0. The summed E-state index contributed by atoms with van der Waals surface area (Å²) < 4.78 is 6.93. The molecule has 3 saturated carbocycles. The van der Waals surface area contributed by atoms with Crippen LogP contribution in [-0.2, 0) is 4.43 Å².